The number of aromatic nitrogens is 2. The molecule has 1 aromatic carbocycles. The number of pyridine rings is 2. The van der Waals surface area contributed by atoms with Crippen molar-refractivity contribution in [3.8, 4) is 0 Å². The number of piperidine rings is 1. The molecule has 1 atom stereocenters. The molecule has 1 fully saturated rings. The zero-order valence-electron chi connectivity index (χ0n) is 17.7. The van der Waals surface area contributed by atoms with Crippen molar-refractivity contribution < 1.29 is 9.90 Å². The van der Waals surface area contributed by atoms with Crippen LogP contribution in [0.15, 0.2) is 66.6 Å². The highest BCUT2D eigenvalue weighted by molar-refractivity contribution is 6.30. The first-order chi connectivity index (χ1) is 15.6. The molecule has 0 saturated carbocycles. The molecule has 3 heterocycles. The van der Waals surface area contributed by atoms with E-state index >= 15 is 0 Å². The Balaban J connectivity index is 1.47. The average molecular weight is 446 g/mol. The fourth-order valence-electron chi connectivity index (χ4n) is 4.74. The van der Waals surface area contributed by atoms with Crippen LogP contribution in [0.2, 0.25) is 5.02 Å². The van der Waals surface area contributed by atoms with E-state index in [0.717, 1.165) is 46.4 Å². The van der Waals surface area contributed by atoms with Gasteiger partial charge in [0.15, 0.2) is 0 Å². The molecular formula is C26H24ClN3O2. The third kappa shape index (κ3) is 4.06. The Morgan fingerprint density at radius 2 is 1.94 bits per heavy atom. The van der Waals surface area contributed by atoms with Crippen LogP contribution in [0.3, 0.4) is 0 Å². The Bertz CT molecular complexity index is 1180. The lowest BCUT2D eigenvalue weighted by atomic mass is 9.88. The number of carbonyl (C=O) groups is 1. The predicted molar refractivity (Wildman–Crippen MR) is 124 cm³/mol. The van der Waals surface area contributed by atoms with Crippen molar-refractivity contribution in [1.29, 1.82) is 0 Å². The van der Waals surface area contributed by atoms with E-state index in [1.165, 1.54) is 5.57 Å². The van der Waals surface area contributed by atoms with Crippen LogP contribution in [0.4, 0.5) is 0 Å². The molecule has 1 unspecified atom stereocenters. The number of likely N-dealkylation sites (tertiary alicyclic amines) is 1. The maximum atomic E-state index is 12.8. The molecular weight excluding hydrogens is 422 g/mol. The minimum absolute atomic E-state index is 0.129. The summed E-state index contributed by atoms with van der Waals surface area (Å²) < 4.78 is 0. The highest BCUT2D eigenvalue weighted by Gasteiger charge is 2.29. The van der Waals surface area contributed by atoms with E-state index < -0.39 is 6.10 Å². The number of fused-ring (bicyclic) bond motifs is 2. The van der Waals surface area contributed by atoms with Gasteiger partial charge < -0.3 is 10.0 Å². The molecule has 1 amide bonds. The number of aliphatic hydroxyl groups excluding tert-OH is 1. The molecule has 5 rings (SSSR count). The van der Waals surface area contributed by atoms with Gasteiger partial charge in [-0.25, -0.2) is 0 Å². The maximum absolute atomic E-state index is 12.8. The Kier molecular flexibility index (Phi) is 5.77. The molecule has 0 spiro atoms. The first-order valence-corrected chi connectivity index (χ1v) is 11.3. The molecule has 0 radical (unpaired) electrons. The van der Waals surface area contributed by atoms with Crippen LogP contribution in [-0.2, 0) is 17.6 Å². The van der Waals surface area contributed by atoms with E-state index in [1.807, 2.05) is 47.4 Å². The SMILES string of the molecule is O=C(Cc1cccnc1)N1CCC(=C2c3ccc(Cl)cc3CC(O)c3cccnc32)CC1. The van der Waals surface area contributed by atoms with Gasteiger partial charge in [-0.05, 0) is 53.8 Å². The van der Waals surface area contributed by atoms with E-state index in [0.29, 0.717) is 31.0 Å². The van der Waals surface area contributed by atoms with E-state index in [-0.39, 0.29) is 5.91 Å². The summed E-state index contributed by atoms with van der Waals surface area (Å²) in [4.78, 5) is 23.5. The van der Waals surface area contributed by atoms with E-state index in [2.05, 4.69) is 9.97 Å². The molecule has 1 N–H and O–H groups in total. The maximum Gasteiger partial charge on any atom is 0.227 e. The molecule has 162 valence electrons. The Labute approximate surface area is 192 Å². The van der Waals surface area contributed by atoms with Gasteiger partial charge in [0.25, 0.3) is 0 Å². The predicted octanol–water partition coefficient (Wildman–Crippen LogP) is 4.39. The minimum atomic E-state index is -0.629. The summed E-state index contributed by atoms with van der Waals surface area (Å²) in [7, 11) is 0. The van der Waals surface area contributed by atoms with Crippen molar-refractivity contribution >= 4 is 23.1 Å². The topological polar surface area (TPSA) is 66.3 Å². The third-order valence-electron chi connectivity index (χ3n) is 6.34. The number of halogens is 1. The highest BCUT2D eigenvalue weighted by Crippen LogP contribution is 2.41. The molecule has 5 nitrogen and oxygen atoms in total. The van der Waals surface area contributed by atoms with E-state index in [9.17, 15) is 9.90 Å². The summed E-state index contributed by atoms with van der Waals surface area (Å²) in [6.45, 7) is 1.34. The van der Waals surface area contributed by atoms with Gasteiger partial charge >= 0.3 is 0 Å². The van der Waals surface area contributed by atoms with Gasteiger partial charge in [-0.15, -0.1) is 0 Å². The van der Waals surface area contributed by atoms with Gasteiger partial charge in [-0.1, -0.05) is 35.4 Å². The van der Waals surface area contributed by atoms with Crippen LogP contribution in [-0.4, -0.2) is 39.0 Å². The Morgan fingerprint density at radius 3 is 2.72 bits per heavy atom. The first kappa shape index (κ1) is 20.9. The second-order valence-electron chi connectivity index (χ2n) is 8.36. The summed E-state index contributed by atoms with van der Waals surface area (Å²) in [5, 5.41) is 11.5. The van der Waals surface area contributed by atoms with Crippen molar-refractivity contribution in [2.24, 2.45) is 0 Å². The Hall–Kier alpha value is -3.02. The molecule has 0 bridgehead atoms. The summed E-state index contributed by atoms with van der Waals surface area (Å²) in [5.41, 5.74) is 7.08. The van der Waals surface area contributed by atoms with Gasteiger partial charge in [0.1, 0.15) is 0 Å². The number of benzene rings is 1. The zero-order valence-corrected chi connectivity index (χ0v) is 18.4. The van der Waals surface area contributed by atoms with Crippen molar-refractivity contribution in [3.05, 3.63) is 99.6 Å². The van der Waals surface area contributed by atoms with Crippen molar-refractivity contribution in [1.82, 2.24) is 14.9 Å². The van der Waals surface area contributed by atoms with E-state index in [1.54, 1.807) is 18.6 Å². The molecule has 2 aliphatic rings. The number of carbonyl (C=O) groups excluding carboxylic acids is 1. The second kappa shape index (κ2) is 8.85. The van der Waals surface area contributed by atoms with Gasteiger partial charge in [0.2, 0.25) is 5.91 Å². The standard InChI is InChI=1S/C26H24ClN3O2/c27-20-5-6-21-19(14-20)15-23(31)22-4-2-10-29-26(22)25(21)18-7-11-30(12-8-18)24(32)13-17-3-1-9-28-16-17/h1-6,9-10,14,16,23,31H,7-8,11-13,15H2. The number of hydrogen-bond donors (Lipinski definition) is 1. The molecule has 6 heteroatoms. The Morgan fingerprint density at radius 1 is 1.12 bits per heavy atom. The largest absolute Gasteiger partial charge is 0.388 e. The molecule has 2 aromatic heterocycles. The van der Waals surface area contributed by atoms with Crippen LogP contribution >= 0.6 is 11.6 Å². The number of amides is 1. The summed E-state index contributed by atoms with van der Waals surface area (Å²) in [6, 6.07) is 13.5. The number of rotatable bonds is 2. The van der Waals surface area contributed by atoms with E-state index in [4.69, 9.17) is 11.6 Å². The summed E-state index contributed by atoms with van der Waals surface area (Å²) >= 11 is 6.28. The summed E-state index contributed by atoms with van der Waals surface area (Å²) in [6.07, 6.45) is 7.04. The fourth-order valence-corrected chi connectivity index (χ4v) is 4.93. The zero-order chi connectivity index (χ0) is 22.1. The lowest BCUT2D eigenvalue weighted by Crippen LogP contribution is -2.37. The molecule has 1 aliphatic heterocycles. The smallest absolute Gasteiger partial charge is 0.227 e. The monoisotopic (exact) mass is 445 g/mol. The van der Waals surface area contributed by atoms with Gasteiger partial charge in [0.05, 0.1) is 18.2 Å². The third-order valence-corrected chi connectivity index (χ3v) is 6.57. The number of nitrogens with zero attached hydrogens (tertiary/aromatic N) is 3. The van der Waals surface area contributed by atoms with Crippen LogP contribution in [0, 0.1) is 0 Å². The molecule has 32 heavy (non-hydrogen) atoms. The first-order valence-electron chi connectivity index (χ1n) is 10.9. The number of hydrogen-bond acceptors (Lipinski definition) is 4. The number of aliphatic hydroxyl groups is 1. The van der Waals surface area contributed by atoms with Crippen LogP contribution in [0.25, 0.3) is 5.57 Å². The highest BCUT2D eigenvalue weighted by atomic mass is 35.5. The normalized spacial score (nSPS) is 18.1. The molecule has 1 aliphatic carbocycles. The second-order valence-corrected chi connectivity index (χ2v) is 8.80. The van der Waals surface area contributed by atoms with Crippen LogP contribution in [0.1, 0.15) is 46.9 Å². The van der Waals surface area contributed by atoms with Crippen molar-refractivity contribution in [2.45, 2.75) is 31.8 Å². The fraction of sp³-hybridized carbons (Fsp3) is 0.269. The quantitative estimate of drug-likeness (QED) is 0.635. The van der Waals surface area contributed by atoms with Gasteiger partial charge in [0, 0.05) is 54.3 Å². The summed E-state index contributed by atoms with van der Waals surface area (Å²) in [5.74, 6) is 0.129. The lowest BCUT2D eigenvalue weighted by Gasteiger charge is -2.30. The van der Waals surface area contributed by atoms with Gasteiger partial charge in [-0.2, -0.15) is 0 Å². The molecule has 1 saturated heterocycles. The van der Waals surface area contributed by atoms with Crippen molar-refractivity contribution in [3.63, 3.8) is 0 Å². The van der Waals surface area contributed by atoms with Gasteiger partial charge in [-0.3, -0.25) is 14.8 Å². The van der Waals surface area contributed by atoms with Crippen molar-refractivity contribution in [2.75, 3.05) is 13.1 Å². The minimum Gasteiger partial charge on any atom is -0.388 e. The van der Waals surface area contributed by atoms with Crippen LogP contribution in [0.5, 0.6) is 0 Å². The van der Waals surface area contributed by atoms with Crippen LogP contribution < -0.4 is 0 Å². The lowest BCUT2D eigenvalue weighted by molar-refractivity contribution is -0.130. The average Bonchev–Trinajstić information content (AvgIpc) is 2.93. The molecule has 3 aromatic rings.